The van der Waals surface area contributed by atoms with Crippen LogP contribution in [0.25, 0.3) is 0 Å². The van der Waals surface area contributed by atoms with E-state index in [1.807, 2.05) is 0 Å². The summed E-state index contributed by atoms with van der Waals surface area (Å²) in [5.74, 6) is 0.406. The zero-order valence-corrected chi connectivity index (χ0v) is 12.0. The van der Waals surface area contributed by atoms with E-state index in [0.29, 0.717) is 12.5 Å². The van der Waals surface area contributed by atoms with E-state index in [-0.39, 0.29) is 6.10 Å². The average molecular weight is 334 g/mol. The standard InChI is InChI=1S/C13H19IO2/c1-10(9-16-2)7-13(15)8-11-3-5-12(14)6-4-11/h3-6,10,13,15H,7-9H2,1-2H3. The number of methoxy groups -OCH3 is 1. The van der Waals surface area contributed by atoms with Crippen LogP contribution in [-0.2, 0) is 11.2 Å². The van der Waals surface area contributed by atoms with Gasteiger partial charge in [-0.2, -0.15) is 0 Å². The van der Waals surface area contributed by atoms with Crippen LogP contribution in [0.4, 0.5) is 0 Å². The van der Waals surface area contributed by atoms with Crippen molar-refractivity contribution in [3.63, 3.8) is 0 Å². The summed E-state index contributed by atoms with van der Waals surface area (Å²) < 4.78 is 6.28. The summed E-state index contributed by atoms with van der Waals surface area (Å²) >= 11 is 2.28. The first-order valence-electron chi connectivity index (χ1n) is 5.53. The van der Waals surface area contributed by atoms with Gasteiger partial charge in [0.1, 0.15) is 0 Å². The van der Waals surface area contributed by atoms with Gasteiger partial charge in [0.25, 0.3) is 0 Å². The average Bonchev–Trinajstić information content (AvgIpc) is 2.21. The van der Waals surface area contributed by atoms with Gasteiger partial charge in [0, 0.05) is 17.3 Å². The molecule has 0 aliphatic rings. The van der Waals surface area contributed by atoms with Crippen molar-refractivity contribution in [2.75, 3.05) is 13.7 Å². The SMILES string of the molecule is COCC(C)CC(O)Cc1ccc(I)cc1. The lowest BCUT2D eigenvalue weighted by Crippen LogP contribution is -2.17. The van der Waals surface area contributed by atoms with E-state index in [2.05, 4.69) is 53.8 Å². The highest BCUT2D eigenvalue weighted by molar-refractivity contribution is 14.1. The van der Waals surface area contributed by atoms with E-state index < -0.39 is 0 Å². The molecule has 0 heterocycles. The molecule has 3 heteroatoms. The zero-order chi connectivity index (χ0) is 12.0. The second-order valence-corrected chi connectivity index (χ2v) is 5.53. The monoisotopic (exact) mass is 334 g/mol. The first-order valence-corrected chi connectivity index (χ1v) is 6.61. The number of ether oxygens (including phenoxy) is 1. The van der Waals surface area contributed by atoms with Crippen molar-refractivity contribution >= 4 is 22.6 Å². The Hall–Kier alpha value is -0.130. The number of halogens is 1. The van der Waals surface area contributed by atoms with Gasteiger partial charge < -0.3 is 9.84 Å². The Balaban J connectivity index is 2.39. The molecule has 0 radical (unpaired) electrons. The quantitative estimate of drug-likeness (QED) is 0.811. The molecule has 1 aromatic rings. The second kappa shape index (κ2) is 7.25. The van der Waals surface area contributed by atoms with Crippen LogP contribution in [0.15, 0.2) is 24.3 Å². The highest BCUT2D eigenvalue weighted by Gasteiger charge is 2.10. The molecule has 0 aliphatic heterocycles. The molecule has 2 unspecified atom stereocenters. The fourth-order valence-electron chi connectivity index (χ4n) is 1.79. The van der Waals surface area contributed by atoms with Crippen LogP contribution < -0.4 is 0 Å². The van der Waals surface area contributed by atoms with Crippen LogP contribution in [0.5, 0.6) is 0 Å². The predicted molar refractivity (Wildman–Crippen MR) is 74.5 cm³/mol. The summed E-state index contributed by atoms with van der Waals surface area (Å²) in [5, 5.41) is 9.91. The third kappa shape index (κ3) is 5.27. The number of hydrogen-bond donors (Lipinski definition) is 1. The highest BCUT2D eigenvalue weighted by atomic mass is 127. The molecule has 0 aliphatic carbocycles. The Labute approximate surface area is 111 Å². The maximum Gasteiger partial charge on any atom is 0.0584 e. The number of rotatable bonds is 6. The predicted octanol–water partition coefficient (Wildman–Crippen LogP) is 2.87. The molecule has 1 aromatic carbocycles. The van der Waals surface area contributed by atoms with Crippen molar-refractivity contribution in [2.45, 2.75) is 25.9 Å². The van der Waals surface area contributed by atoms with Crippen molar-refractivity contribution in [1.29, 1.82) is 0 Å². The molecule has 0 saturated carbocycles. The Bertz CT molecular complexity index is 297. The van der Waals surface area contributed by atoms with Gasteiger partial charge in [-0.1, -0.05) is 19.1 Å². The van der Waals surface area contributed by atoms with Crippen molar-refractivity contribution in [2.24, 2.45) is 5.92 Å². The summed E-state index contributed by atoms with van der Waals surface area (Å²) in [7, 11) is 1.70. The third-order valence-corrected chi connectivity index (χ3v) is 3.23. The van der Waals surface area contributed by atoms with Gasteiger partial charge in [0.15, 0.2) is 0 Å². The third-order valence-electron chi connectivity index (χ3n) is 2.51. The summed E-state index contributed by atoms with van der Waals surface area (Å²) in [6.45, 7) is 2.81. The van der Waals surface area contributed by atoms with Gasteiger partial charge in [0.2, 0.25) is 0 Å². The number of aliphatic hydroxyl groups is 1. The maximum atomic E-state index is 9.91. The molecule has 2 atom stereocenters. The Kier molecular flexibility index (Phi) is 6.31. The van der Waals surface area contributed by atoms with Gasteiger partial charge >= 0.3 is 0 Å². The lowest BCUT2D eigenvalue weighted by molar-refractivity contribution is 0.102. The molecule has 0 spiro atoms. The Morgan fingerprint density at radius 1 is 1.31 bits per heavy atom. The summed E-state index contributed by atoms with van der Waals surface area (Å²) in [6.07, 6.45) is 1.25. The minimum absolute atomic E-state index is 0.273. The van der Waals surface area contributed by atoms with E-state index in [0.717, 1.165) is 12.8 Å². The minimum atomic E-state index is -0.273. The van der Waals surface area contributed by atoms with E-state index in [1.165, 1.54) is 9.13 Å². The fourth-order valence-corrected chi connectivity index (χ4v) is 2.15. The molecular formula is C13H19IO2. The molecule has 1 rings (SSSR count). The first kappa shape index (κ1) is 13.9. The number of aliphatic hydroxyl groups excluding tert-OH is 1. The molecule has 0 fully saturated rings. The van der Waals surface area contributed by atoms with Crippen LogP contribution >= 0.6 is 22.6 Å². The molecule has 16 heavy (non-hydrogen) atoms. The largest absolute Gasteiger partial charge is 0.393 e. The minimum Gasteiger partial charge on any atom is -0.393 e. The van der Waals surface area contributed by atoms with Crippen molar-refractivity contribution in [3.8, 4) is 0 Å². The molecular weight excluding hydrogens is 315 g/mol. The normalized spacial score (nSPS) is 14.8. The lowest BCUT2D eigenvalue weighted by Gasteiger charge is -2.15. The van der Waals surface area contributed by atoms with Gasteiger partial charge in [0.05, 0.1) is 6.10 Å². The smallest absolute Gasteiger partial charge is 0.0584 e. The van der Waals surface area contributed by atoms with Crippen LogP contribution in [0.1, 0.15) is 18.9 Å². The van der Waals surface area contributed by atoms with Gasteiger partial charge in [-0.25, -0.2) is 0 Å². The van der Waals surface area contributed by atoms with Crippen LogP contribution in [0.3, 0.4) is 0 Å². The van der Waals surface area contributed by atoms with Crippen LogP contribution in [0, 0.1) is 9.49 Å². The zero-order valence-electron chi connectivity index (χ0n) is 9.82. The summed E-state index contributed by atoms with van der Waals surface area (Å²) in [5.41, 5.74) is 1.19. The van der Waals surface area contributed by atoms with Gasteiger partial charge in [-0.05, 0) is 59.0 Å². The Morgan fingerprint density at radius 2 is 1.94 bits per heavy atom. The fraction of sp³-hybridized carbons (Fsp3) is 0.538. The molecule has 0 bridgehead atoms. The summed E-state index contributed by atoms with van der Waals surface area (Å²) in [4.78, 5) is 0. The van der Waals surface area contributed by atoms with Crippen molar-refractivity contribution in [3.05, 3.63) is 33.4 Å². The molecule has 1 N–H and O–H groups in total. The first-order chi connectivity index (χ1) is 7.61. The summed E-state index contributed by atoms with van der Waals surface area (Å²) in [6, 6.07) is 8.29. The van der Waals surface area contributed by atoms with E-state index >= 15 is 0 Å². The topological polar surface area (TPSA) is 29.5 Å². The maximum absolute atomic E-state index is 9.91. The number of benzene rings is 1. The van der Waals surface area contributed by atoms with Crippen molar-refractivity contribution in [1.82, 2.24) is 0 Å². The van der Waals surface area contributed by atoms with Gasteiger partial charge in [-0.3, -0.25) is 0 Å². The Morgan fingerprint density at radius 3 is 2.50 bits per heavy atom. The van der Waals surface area contributed by atoms with Crippen molar-refractivity contribution < 1.29 is 9.84 Å². The van der Waals surface area contributed by atoms with E-state index in [1.54, 1.807) is 7.11 Å². The van der Waals surface area contributed by atoms with E-state index in [4.69, 9.17) is 4.74 Å². The molecule has 0 amide bonds. The van der Waals surface area contributed by atoms with Crippen LogP contribution in [-0.4, -0.2) is 24.9 Å². The number of hydrogen-bond acceptors (Lipinski definition) is 2. The highest BCUT2D eigenvalue weighted by Crippen LogP contribution is 2.13. The lowest BCUT2D eigenvalue weighted by atomic mass is 9.99. The second-order valence-electron chi connectivity index (χ2n) is 4.28. The van der Waals surface area contributed by atoms with E-state index in [9.17, 15) is 5.11 Å². The molecule has 2 nitrogen and oxygen atoms in total. The van der Waals surface area contributed by atoms with Gasteiger partial charge in [-0.15, -0.1) is 0 Å². The molecule has 90 valence electrons. The van der Waals surface area contributed by atoms with Crippen LogP contribution in [0.2, 0.25) is 0 Å². The molecule has 0 saturated heterocycles. The molecule has 0 aromatic heterocycles.